The minimum Gasteiger partial charge on any atom is -0.465 e. The Kier molecular flexibility index (Phi) is 6.30. The Labute approximate surface area is 123 Å². The van der Waals surface area contributed by atoms with Crippen LogP contribution in [-0.4, -0.2) is 49.7 Å². The van der Waals surface area contributed by atoms with Gasteiger partial charge in [0.25, 0.3) is 0 Å². The molecule has 0 aromatic carbocycles. The van der Waals surface area contributed by atoms with Gasteiger partial charge in [-0.15, -0.1) is 0 Å². The molecule has 0 aromatic rings. The smallest absolute Gasteiger partial charge is 0.320 e. The number of esters is 1. The molecule has 1 aliphatic heterocycles. The van der Waals surface area contributed by atoms with Crippen LogP contribution in [-0.2, 0) is 9.53 Å². The van der Waals surface area contributed by atoms with Gasteiger partial charge in [-0.1, -0.05) is 19.8 Å². The van der Waals surface area contributed by atoms with Gasteiger partial charge in [0.15, 0.2) is 0 Å². The van der Waals surface area contributed by atoms with Gasteiger partial charge < -0.3 is 10.1 Å². The van der Waals surface area contributed by atoms with Crippen LogP contribution in [0.4, 0.5) is 0 Å². The van der Waals surface area contributed by atoms with Gasteiger partial charge in [0, 0.05) is 19.1 Å². The lowest BCUT2D eigenvalue weighted by Gasteiger charge is -2.36. The Balaban J connectivity index is 1.73. The Morgan fingerprint density at radius 3 is 2.75 bits per heavy atom. The van der Waals surface area contributed by atoms with Gasteiger partial charge in [-0.3, -0.25) is 9.69 Å². The van der Waals surface area contributed by atoms with Crippen LogP contribution in [0.3, 0.4) is 0 Å². The molecule has 2 atom stereocenters. The van der Waals surface area contributed by atoms with Crippen LogP contribution in [0, 0.1) is 11.8 Å². The third-order valence-corrected chi connectivity index (χ3v) is 4.56. The van der Waals surface area contributed by atoms with E-state index < -0.39 is 0 Å². The molecule has 1 heterocycles. The molecule has 1 saturated carbocycles. The number of carbonyl (C=O) groups excluding carboxylic acids is 1. The highest BCUT2D eigenvalue weighted by molar-refractivity contribution is 5.71. The lowest BCUT2D eigenvalue weighted by Crippen LogP contribution is -2.50. The number of nitrogens with one attached hydrogen (secondary N) is 1. The van der Waals surface area contributed by atoms with Crippen LogP contribution in [0.5, 0.6) is 0 Å². The highest BCUT2D eigenvalue weighted by Gasteiger charge is 2.27. The molecule has 20 heavy (non-hydrogen) atoms. The molecule has 0 spiro atoms. The van der Waals surface area contributed by atoms with Gasteiger partial charge in [-0.25, -0.2) is 0 Å². The molecule has 2 fully saturated rings. The fourth-order valence-electron chi connectivity index (χ4n) is 3.68. The van der Waals surface area contributed by atoms with Crippen molar-refractivity contribution in [2.24, 2.45) is 11.8 Å². The van der Waals surface area contributed by atoms with Gasteiger partial charge in [0.05, 0.1) is 13.2 Å². The zero-order valence-electron chi connectivity index (χ0n) is 13.1. The Morgan fingerprint density at radius 1 is 1.30 bits per heavy atom. The van der Waals surface area contributed by atoms with Crippen LogP contribution in [0.25, 0.3) is 0 Å². The zero-order chi connectivity index (χ0) is 14.4. The largest absolute Gasteiger partial charge is 0.465 e. The van der Waals surface area contributed by atoms with Crippen molar-refractivity contribution >= 4 is 5.97 Å². The van der Waals surface area contributed by atoms with E-state index in [9.17, 15) is 4.79 Å². The van der Waals surface area contributed by atoms with Gasteiger partial charge in [-0.05, 0) is 44.6 Å². The molecule has 116 valence electrons. The first-order chi connectivity index (χ1) is 9.67. The molecule has 0 aromatic heterocycles. The third-order valence-electron chi connectivity index (χ3n) is 4.56. The number of hydrogen-bond acceptors (Lipinski definition) is 4. The van der Waals surface area contributed by atoms with Gasteiger partial charge in [0.2, 0.25) is 0 Å². The maximum Gasteiger partial charge on any atom is 0.320 e. The summed E-state index contributed by atoms with van der Waals surface area (Å²) in [5.74, 6) is 1.45. The Hall–Kier alpha value is -0.610. The summed E-state index contributed by atoms with van der Waals surface area (Å²) in [7, 11) is 0. The molecule has 0 radical (unpaired) electrons. The Morgan fingerprint density at radius 2 is 2.05 bits per heavy atom. The lowest BCUT2D eigenvalue weighted by molar-refractivity contribution is -0.144. The predicted molar refractivity (Wildman–Crippen MR) is 80.6 cm³/mol. The number of hydrogen-bond donors (Lipinski definition) is 1. The quantitative estimate of drug-likeness (QED) is 0.757. The summed E-state index contributed by atoms with van der Waals surface area (Å²) in [6.45, 7) is 8.22. The Bertz CT molecular complexity index is 303. The number of rotatable bonds is 6. The van der Waals surface area contributed by atoms with E-state index in [1.165, 1.54) is 32.1 Å². The van der Waals surface area contributed by atoms with E-state index in [0.717, 1.165) is 25.6 Å². The van der Waals surface area contributed by atoms with Crippen LogP contribution < -0.4 is 5.32 Å². The van der Waals surface area contributed by atoms with Crippen molar-refractivity contribution in [3.8, 4) is 0 Å². The van der Waals surface area contributed by atoms with Crippen molar-refractivity contribution in [2.75, 3.05) is 32.8 Å². The standard InChI is InChI=1S/C16H30N2O2/c1-3-20-16(19)12-18-10-13(2)8-15(11-18)17-9-14-6-4-5-7-14/h13-15,17H,3-12H2,1-2H3. The summed E-state index contributed by atoms with van der Waals surface area (Å²) in [6.07, 6.45) is 6.82. The minimum atomic E-state index is -0.0869. The van der Waals surface area contributed by atoms with Gasteiger partial charge >= 0.3 is 5.97 Å². The summed E-state index contributed by atoms with van der Waals surface area (Å²) in [4.78, 5) is 13.9. The van der Waals surface area contributed by atoms with E-state index in [1.54, 1.807) is 0 Å². The monoisotopic (exact) mass is 282 g/mol. The average molecular weight is 282 g/mol. The number of ether oxygens (including phenoxy) is 1. The van der Waals surface area contributed by atoms with E-state index >= 15 is 0 Å². The van der Waals surface area contributed by atoms with E-state index in [0.29, 0.717) is 25.1 Å². The number of piperidine rings is 1. The fourth-order valence-corrected chi connectivity index (χ4v) is 3.68. The average Bonchev–Trinajstić information content (AvgIpc) is 2.89. The second-order valence-electron chi connectivity index (χ2n) is 6.60. The molecule has 2 rings (SSSR count). The lowest BCUT2D eigenvalue weighted by atomic mass is 9.95. The van der Waals surface area contributed by atoms with E-state index in [-0.39, 0.29) is 5.97 Å². The maximum atomic E-state index is 11.6. The second-order valence-corrected chi connectivity index (χ2v) is 6.60. The summed E-state index contributed by atoms with van der Waals surface area (Å²) in [5.41, 5.74) is 0. The van der Waals surface area contributed by atoms with Gasteiger partial charge in [0.1, 0.15) is 0 Å². The molecule has 1 N–H and O–H groups in total. The molecule has 4 nitrogen and oxygen atoms in total. The first kappa shape index (κ1) is 15.8. The number of carbonyl (C=O) groups is 1. The van der Waals surface area contributed by atoms with Crippen molar-refractivity contribution in [3.05, 3.63) is 0 Å². The van der Waals surface area contributed by atoms with Crippen LogP contribution >= 0.6 is 0 Å². The molecule has 2 aliphatic rings. The molecule has 2 unspecified atom stereocenters. The molecule has 0 bridgehead atoms. The second kappa shape index (κ2) is 7.99. The topological polar surface area (TPSA) is 41.6 Å². The van der Waals surface area contributed by atoms with Crippen molar-refractivity contribution < 1.29 is 9.53 Å². The van der Waals surface area contributed by atoms with Crippen molar-refractivity contribution in [2.45, 2.75) is 52.0 Å². The van der Waals surface area contributed by atoms with E-state index in [4.69, 9.17) is 4.74 Å². The van der Waals surface area contributed by atoms with Crippen LogP contribution in [0.2, 0.25) is 0 Å². The van der Waals surface area contributed by atoms with Crippen LogP contribution in [0.15, 0.2) is 0 Å². The normalized spacial score (nSPS) is 28.7. The zero-order valence-corrected chi connectivity index (χ0v) is 13.1. The van der Waals surface area contributed by atoms with Crippen molar-refractivity contribution in [1.29, 1.82) is 0 Å². The summed E-state index contributed by atoms with van der Waals surface area (Å²) in [6, 6.07) is 0.536. The molecule has 4 heteroatoms. The summed E-state index contributed by atoms with van der Waals surface area (Å²) in [5, 5.41) is 3.74. The molecule has 1 saturated heterocycles. The first-order valence-electron chi connectivity index (χ1n) is 8.28. The fraction of sp³-hybridized carbons (Fsp3) is 0.938. The third kappa shape index (κ3) is 5.06. The summed E-state index contributed by atoms with van der Waals surface area (Å²) < 4.78 is 5.06. The van der Waals surface area contributed by atoms with Gasteiger partial charge in [-0.2, -0.15) is 0 Å². The maximum absolute atomic E-state index is 11.6. The first-order valence-corrected chi connectivity index (χ1v) is 8.28. The minimum absolute atomic E-state index is 0.0869. The van der Waals surface area contributed by atoms with Crippen LogP contribution in [0.1, 0.15) is 46.0 Å². The SMILES string of the molecule is CCOC(=O)CN1CC(C)CC(NCC2CCCC2)C1. The molecular formula is C16H30N2O2. The highest BCUT2D eigenvalue weighted by Crippen LogP contribution is 2.24. The van der Waals surface area contributed by atoms with E-state index in [2.05, 4.69) is 17.1 Å². The molecule has 1 aliphatic carbocycles. The predicted octanol–water partition coefficient (Wildman–Crippen LogP) is 2.04. The van der Waals surface area contributed by atoms with Crippen molar-refractivity contribution in [1.82, 2.24) is 10.2 Å². The molecule has 0 amide bonds. The summed E-state index contributed by atoms with van der Waals surface area (Å²) >= 11 is 0. The van der Waals surface area contributed by atoms with E-state index in [1.807, 2.05) is 6.92 Å². The molecular weight excluding hydrogens is 252 g/mol. The van der Waals surface area contributed by atoms with Crippen molar-refractivity contribution in [3.63, 3.8) is 0 Å². The highest BCUT2D eigenvalue weighted by atomic mass is 16.5. The number of nitrogens with zero attached hydrogens (tertiary/aromatic N) is 1. The number of likely N-dealkylation sites (tertiary alicyclic amines) is 1.